The fourth-order valence-corrected chi connectivity index (χ4v) is 2.95. The van der Waals surface area contributed by atoms with E-state index in [9.17, 15) is 4.79 Å². The third-order valence-corrected chi connectivity index (χ3v) is 5.26. The second-order valence-electron chi connectivity index (χ2n) is 8.04. The lowest BCUT2D eigenvalue weighted by Crippen LogP contribution is -2.61. The van der Waals surface area contributed by atoms with Crippen LogP contribution in [0.3, 0.4) is 0 Å². The number of carbonyl (C=O) groups is 1. The van der Waals surface area contributed by atoms with Gasteiger partial charge in [-0.05, 0) is 18.4 Å². The predicted molar refractivity (Wildman–Crippen MR) is 96.1 cm³/mol. The normalized spacial score (nSPS) is 27.7. The molecule has 0 unspecified atom stereocenters. The number of hydrogen-bond donors (Lipinski definition) is 0. The number of hydrogen-bond acceptors (Lipinski definition) is 4. The summed E-state index contributed by atoms with van der Waals surface area (Å²) in [7, 11) is 1.59. The number of methoxy groups -OCH3 is 1. The van der Waals surface area contributed by atoms with Crippen molar-refractivity contribution in [3.05, 3.63) is 35.9 Å². The minimum absolute atomic E-state index is 0.0140. The number of cyclic esters (lactones) is 1. The van der Waals surface area contributed by atoms with Crippen LogP contribution < -0.4 is 0 Å². The van der Waals surface area contributed by atoms with E-state index in [-0.39, 0.29) is 17.3 Å². The highest BCUT2D eigenvalue weighted by molar-refractivity contribution is 5.97. The minimum Gasteiger partial charge on any atom is -0.481 e. The van der Waals surface area contributed by atoms with Crippen molar-refractivity contribution in [1.29, 1.82) is 0 Å². The molecule has 0 aromatic heterocycles. The molecule has 0 aliphatic carbocycles. The van der Waals surface area contributed by atoms with Crippen molar-refractivity contribution in [2.75, 3.05) is 7.11 Å². The molecule has 1 aliphatic heterocycles. The molecule has 0 N–H and O–H groups in total. The maximum atomic E-state index is 13.1. The number of nitrogens with zero attached hydrogens (tertiary/aromatic N) is 1. The largest absolute Gasteiger partial charge is 0.481 e. The molecule has 1 heterocycles. The first kappa shape index (κ1) is 18.5. The number of ether oxygens (including phenoxy) is 2. The van der Waals surface area contributed by atoms with E-state index >= 15 is 0 Å². The van der Waals surface area contributed by atoms with E-state index in [1.165, 1.54) is 0 Å². The van der Waals surface area contributed by atoms with E-state index in [1.807, 2.05) is 71.9 Å². The summed E-state index contributed by atoms with van der Waals surface area (Å²) in [6, 6.07) is 9.93. The molecule has 4 heteroatoms. The highest BCUT2D eigenvalue weighted by Crippen LogP contribution is 2.43. The first-order chi connectivity index (χ1) is 11.1. The Morgan fingerprint density at radius 2 is 1.79 bits per heavy atom. The van der Waals surface area contributed by atoms with Crippen LogP contribution in [-0.2, 0) is 20.7 Å². The fraction of sp³-hybridized carbons (Fsp3) is 0.600. The molecule has 4 nitrogen and oxygen atoms in total. The van der Waals surface area contributed by atoms with Crippen LogP contribution in [0.1, 0.15) is 47.1 Å². The molecule has 2 atom stereocenters. The van der Waals surface area contributed by atoms with Crippen LogP contribution in [0.25, 0.3) is 0 Å². The van der Waals surface area contributed by atoms with Gasteiger partial charge in [0.05, 0.1) is 7.11 Å². The third-order valence-electron chi connectivity index (χ3n) is 5.26. The topological polar surface area (TPSA) is 47.9 Å². The maximum absolute atomic E-state index is 13.1. The van der Waals surface area contributed by atoms with E-state index in [1.54, 1.807) is 7.11 Å². The summed E-state index contributed by atoms with van der Waals surface area (Å²) >= 11 is 0. The minimum atomic E-state index is -0.961. The number of benzene rings is 1. The van der Waals surface area contributed by atoms with Gasteiger partial charge in [0.2, 0.25) is 5.90 Å². The van der Waals surface area contributed by atoms with Crippen LogP contribution in [0, 0.1) is 11.3 Å². The molecule has 0 spiro atoms. The number of esters is 1. The van der Waals surface area contributed by atoms with Crippen LogP contribution in [0.5, 0.6) is 0 Å². The highest BCUT2D eigenvalue weighted by Gasteiger charge is 2.57. The fourth-order valence-electron chi connectivity index (χ4n) is 2.95. The van der Waals surface area contributed by atoms with Gasteiger partial charge in [-0.15, -0.1) is 0 Å². The maximum Gasteiger partial charge on any atom is 0.335 e. The van der Waals surface area contributed by atoms with Crippen molar-refractivity contribution < 1.29 is 14.3 Å². The summed E-state index contributed by atoms with van der Waals surface area (Å²) in [5.41, 5.74) is -1.11. The SMILES string of the molecule is COC1=N[C@](Cc2ccccc2)(C(C)C)C(=O)O[C@@]1(C)C(C)(C)C. The average Bonchev–Trinajstić information content (AvgIpc) is 2.49. The van der Waals surface area contributed by atoms with Gasteiger partial charge in [0.15, 0.2) is 11.1 Å². The lowest BCUT2D eigenvalue weighted by molar-refractivity contribution is -0.174. The third kappa shape index (κ3) is 2.94. The molecule has 0 saturated carbocycles. The van der Waals surface area contributed by atoms with E-state index in [4.69, 9.17) is 14.5 Å². The van der Waals surface area contributed by atoms with Gasteiger partial charge in [-0.25, -0.2) is 9.79 Å². The Hall–Kier alpha value is -1.84. The Bertz CT molecular complexity index is 630. The summed E-state index contributed by atoms with van der Waals surface area (Å²) < 4.78 is 11.6. The number of rotatable bonds is 3. The average molecular weight is 331 g/mol. The summed E-state index contributed by atoms with van der Waals surface area (Å²) in [6.45, 7) is 11.9. The van der Waals surface area contributed by atoms with Crippen molar-refractivity contribution in [1.82, 2.24) is 0 Å². The molecule has 1 aromatic rings. The van der Waals surface area contributed by atoms with Gasteiger partial charge < -0.3 is 9.47 Å². The summed E-state index contributed by atoms with van der Waals surface area (Å²) in [5.74, 6) is 0.193. The van der Waals surface area contributed by atoms with E-state index in [0.29, 0.717) is 12.3 Å². The van der Waals surface area contributed by atoms with E-state index in [0.717, 1.165) is 5.56 Å². The predicted octanol–water partition coefficient (Wildman–Crippen LogP) is 4.03. The first-order valence-electron chi connectivity index (χ1n) is 8.48. The lowest BCUT2D eigenvalue weighted by atomic mass is 9.74. The molecule has 0 amide bonds. The van der Waals surface area contributed by atoms with Crippen molar-refractivity contribution in [3.63, 3.8) is 0 Å². The number of carbonyl (C=O) groups excluding carboxylic acids is 1. The molecule has 24 heavy (non-hydrogen) atoms. The van der Waals surface area contributed by atoms with Gasteiger partial charge >= 0.3 is 5.97 Å². The molecule has 1 aliphatic rings. The summed E-state index contributed by atoms with van der Waals surface area (Å²) in [6.07, 6.45) is 0.497. The van der Waals surface area contributed by atoms with Crippen LogP contribution in [0.2, 0.25) is 0 Å². The molecule has 2 rings (SSSR count). The number of aliphatic imine (C=N–C) groups is 1. The molecule has 132 valence electrons. The second-order valence-corrected chi connectivity index (χ2v) is 8.04. The van der Waals surface area contributed by atoms with Crippen molar-refractivity contribution >= 4 is 11.9 Å². The summed E-state index contributed by atoms with van der Waals surface area (Å²) in [5, 5.41) is 0. The van der Waals surface area contributed by atoms with E-state index < -0.39 is 11.1 Å². The zero-order chi connectivity index (χ0) is 18.2. The summed E-state index contributed by atoms with van der Waals surface area (Å²) in [4.78, 5) is 17.9. The monoisotopic (exact) mass is 331 g/mol. The van der Waals surface area contributed by atoms with Crippen LogP contribution in [-0.4, -0.2) is 30.1 Å². The first-order valence-corrected chi connectivity index (χ1v) is 8.48. The molecular weight excluding hydrogens is 302 g/mol. The van der Waals surface area contributed by atoms with Gasteiger partial charge in [0.25, 0.3) is 0 Å². The Balaban J connectivity index is 2.57. The van der Waals surface area contributed by atoms with Crippen LogP contribution in [0.15, 0.2) is 35.3 Å². The molecular formula is C20H29NO3. The van der Waals surface area contributed by atoms with Crippen molar-refractivity contribution in [3.8, 4) is 0 Å². The Labute approximate surface area is 145 Å². The van der Waals surface area contributed by atoms with Gasteiger partial charge in [0, 0.05) is 11.8 Å². The zero-order valence-electron chi connectivity index (χ0n) is 15.8. The highest BCUT2D eigenvalue weighted by atomic mass is 16.6. The Morgan fingerprint density at radius 1 is 1.21 bits per heavy atom. The van der Waals surface area contributed by atoms with Gasteiger partial charge in [-0.3, -0.25) is 0 Å². The molecule has 0 fully saturated rings. The van der Waals surface area contributed by atoms with Crippen LogP contribution >= 0.6 is 0 Å². The second kappa shape index (κ2) is 6.23. The van der Waals surface area contributed by atoms with Gasteiger partial charge in [-0.1, -0.05) is 65.0 Å². The molecule has 0 bridgehead atoms. The molecule has 0 saturated heterocycles. The van der Waals surface area contributed by atoms with Gasteiger partial charge in [0.1, 0.15) is 0 Å². The zero-order valence-corrected chi connectivity index (χ0v) is 15.8. The Morgan fingerprint density at radius 3 is 2.25 bits per heavy atom. The van der Waals surface area contributed by atoms with Crippen molar-refractivity contribution in [2.45, 2.75) is 59.1 Å². The standard InChI is InChI=1S/C20H29NO3/c1-14(2)20(13-15-11-9-8-10-12-15)17(22)24-19(6,18(3,4)5)16(21-20)23-7/h8-12,14H,13H2,1-7H3/t19-,20-/m1/s1. The lowest BCUT2D eigenvalue weighted by Gasteiger charge is -2.47. The molecule has 1 aromatic carbocycles. The van der Waals surface area contributed by atoms with Gasteiger partial charge in [-0.2, -0.15) is 0 Å². The van der Waals surface area contributed by atoms with Crippen LogP contribution in [0.4, 0.5) is 0 Å². The van der Waals surface area contributed by atoms with E-state index in [2.05, 4.69) is 0 Å². The van der Waals surface area contributed by atoms with Crippen molar-refractivity contribution in [2.24, 2.45) is 16.3 Å². The Kier molecular flexibility index (Phi) is 4.80. The molecule has 0 radical (unpaired) electrons. The quantitative estimate of drug-likeness (QED) is 0.786. The smallest absolute Gasteiger partial charge is 0.335 e.